The summed E-state index contributed by atoms with van der Waals surface area (Å²) in [5.74, 6) is 1.27. The van der Waals surface area contributed by atoms with Crippen molar-refractivity contribution in [3.8, 4) is 11.5 Å². The van der Waals surface area contributed by atoms with E-state index in [1.807, 2.05) is 26.8 Å². The SMILES string of the molecule is Cc1noc(-c2cccnc2C2=NC(C)(C(C)C)C(=O)N2)n1. The number of aliphatic imine (C=N–C) groups is 1. The molecule has 0 saturated heterocycles. The fraction of sp³-hybridized carbons (Fsp3) is 0.400. The summed E-state index contributed by atoms with van der Waals surface area (Å²) in [4.78, 5) is 25.4. The van der Waals surface area contributed by atoms with Gasteiger partial charge in [-0.3, -0.25) is 9.78 Å². The Balaban J connectivity index is 2.09. The monoisotopic (exact) mass is 299 g/mol. The van der Waals surface area contributed by atoms with Crippen molar-refractivity contribution in [1.29, 1.82) is 0 Å². The van der Waals surface area contributed by atoms with Crippen LogP contribution in [0.25, 0.3) is 11.5 Å². The Kier molecular flexibility index (Phi) is 3.27. The van der Waals surface area contributed by atoms with Gasteiger partial charge in [0.05, 0.1) is 5.56 Å². The molecular weight excluding hydrogens is 282 g/mol. The molecule has 1 amide bonds. The van der Waals surface area contributed by atoms with Crippen molar-refractivity contribution in [1.82, 2.24) is 20.4 Å². The number of carbonyl (C=O) groups excluding carboxylic acids is 1. The lowest BCUT2D eigenvalue weighted by molar-refractivity contribution is -0.124. The van der Waals surface area contributed by atoms with Crippen LogP contribution >= 0.6 is 0 Å². The third-order valence-corrected chi connectivity index (χ3v) is 3.95. The van der Waals surface area contributed by atoms with E-state index in [-0.39, 0.29) is 11.8 Å². The van der Waals surface area contributed by atoms with Gasteiger partial charge in [-0.05, 0) is 31.9 Å². The summed E-state index contributed by atoms with van der Waals surface area (Å²) in [6.45, 7) is 7.49. The number of amidine groups is 1. The second kappa shape index (κ2) is 5.01. The minimum Gasteiger partial charge on any atom is -0.334 e. The molecule has 0 aliphatic carbocycles. The minimum atomic E-state index is -0.797. The molecule has 0 aromatic carbocycles. The van der Waals surface area contributed by atoms with E-state index in [0.29, 0.717) is 28.8 Å². The van der Waals surface area contributed by atoms with Crippen LogP contribution in [0, 0.1) is 12.8 Å². The summed E-state index contributed by atoms with van der Waals surface area (Å²) in [6, 6.07) is 3.59. The van der Waals surface area contributed by atoms with Gasteiger partial charge >= 0.3 is 0 Å². The Morgan fingerprint density at radius 1 is 1.36 bits per heavy atom. The number of aryl methyl sites for hydroxylation is 1. The summed E-state index contributed by atoms with van der Waals surface area (Å²) in [7, 11) is 0. The predicted molar refractivity (Wildman–Crippen MR) is 80.2 cm³/mol. The smallest absolute Gasteiger partial charge is 0.260 e. The number of hydrogen-bond acceptors (Lipinski definition) is 6. The molecule has 2 aromatic heterocycles. The molecule has 3 heterocycles. The molecule has 7 nitrogen and oxygen atoms in total. The van der Waals surface area contributed by atoms with Gasteiger partial charge in [0.25, 0.3) is 11.8 Å². The van der Waals surface area contributed by atoms with Crippen molar-refractivity contribution < 1.29 is 9.32 Å². The molecule has 0 fully saturated rings. The van der Waals surface area contributed by atoms with Crippen molar-refractivity contribution in [2.75, 3.05) is 0 Å². The number of aromatic nitrogens is 3. The van der Waals surface area contributed by atoms with E-state index in [1.165, 1.54) is 0 Å². The van der Waals surface area contributed by atoms with E-state index in [1.54, 1.807) is 19.2 Å². The average molecular weight is 299 g/mol. The molecule has 1 aliphatic rings. The highest BCUT2D eigenvalue weighted by Crippen LogP contribution is 2.29. The first-order chi connectivity index (χ1) is 10.4. The first-order valence-electron chi connectivity index (χ1n) is 7.09. The molecule has 1 aliphatic heterocycles. The van der Waals surface area contributed by atoms with Gasteiger partial charge in [0.15, 0.2) is 11.7 Å². The van der Waals surface area contributed by atoms with E-state index in [4.69, 9.17) is 4.52 Å². The van der Waals surface area contributed by atoms with Crippen molar-refractivity contribution in [2.24, 2.45) is 10.9 Å². The summed E-state index contributed by atoms with van der Waals surface area (Å²) >= 11 is 0. The maximum atomic E-state index is 12.3. The van der Waals surface area contributed by atoms with Gasteiger partial charge in [0.1, 0.15) is 11.2 Å². The molecule has 1 N–H and O–H groups in total. The summed E-state index contributed by atoms with van der Waals surface area (Å²) < 4.78 is 5.21. The Morgan fingerprint density at radius 2 is 2.14 bits per heavy atom. The molecule has 114 valence electrons. The predicted octanol–water partition coefficient (Wildman–Crippen LogP) is 1.73. The molecule has 22 heavy (non-hydrogen) atoms. The van der Waals surface area contributed by atoms with Crippen LogP contribution in [0.1, 0.15) is 32.3 Å². The van der Waals surface area contributed by atoms with Gasteiger partial charge in [0.2, 0.25) is 0 Å². The van der Waals surface area contributed by atoms with Crippen LogP contribution in [0.3, 0.4) is 0 Å². The number of rotatable bonds is 3. The van der Waals surface area contributed by atoms with Gasteiger partial charge in [-0.15, -0.1) is 0 Å². The summed E-state index contributed by atoms with van der Waals surface area (Å²) in [6.07, 6.45) is 1.64. The highest BCUT2D eigenvalue weighted by Gasteiger charge is 2.42. The quantitative estimate of drug-likeness (QED) is 0.931. The molecule has 0 saturated carbocycles. The minimum absolute atomic E-state index is 0.0720. The number of amides is 1. The van der Waals surface area contributed by atoms with Crippen LogP contribution in [0.15, 0.2) is 27.8 Å². The topological polar surface area (TPSA) is 93.3 Å². The largest absolute Gasteiger partial charge is 0.334 e. The lowest BCUT2D eigenvalue weighted by Crippen LogP contribution is -2.41. The normalized spacial score (nSPS) is 21.1. The van der Waals surface area contributed by atoms with Crippen LogP contribution in [0.5, 0.6) is 0 Å². The van der Waals surface area contributed by atoms with Crippen LogP contribution in [0.4, 0.5) is 0 Å². The third kappa shape index (κ3) is 2.18. The van der Waals surface area contributed by atoms with Crippen LogP contribution < -0.4 is 5.32 Å². The fourth-order valence-electron chi connectivity index (χ4n) is 2.22. The lowest BCUT2D eigenvalue weighted by Gasteiger charge is -2.21. The van der Waals surface area contributed by atoms with E-state index in [2.05, 4.69) is 25.4 Å². The summed E-state index contributed by atoms with van der Waals surface area (Å²) in [5, 5.41) is 6.61. The standard InChI is InChI=1S/C15H17N5O2/c1-8(2)15(4)14(21)18-12(19-15)11-10(6-5-7-16-11)13-17-9(3)20-22-13/h5-8H,1-4H3,(H,18,19,21). The van der Waals surface area contributed by atoms with Crippen LogP contribution in [-0.2, 0) is 4.79 Å². The van der Waals surface area contributed by atoms with Gasteiger partial charge in [-0.2, -0.15) is 4.98 Å². The highest BCUT2D eigenvalue weighted by atomic mass is 16.5. The number of nitrogens with zero attached hydrogens (tertiary/aromatic N) is 4. The lowest BCUT2D eigenvalue weighted by atomic mass is 9.89. The Bertz CT molecular complexity index is 765. The van der Waals surface area contributed by atoms with Gasteiger partial charge in [0, 0.05) is 6.20 Å². The van der Waals surface area contributed by atoms with Gasteiger partial charge in [-0.1, -0.05) is 19.0 Å². The Hall–Kier alpha value is -2.57. The van der Waals surface area contributed by atoms with Crippen molar-refractivity contribution in [3.63, 3.8) is 0 Å². The molecular formula is C15H17N5O2. The molecule has 2 aromatic rings. The molecule has 1 unspecified atom stereocenters. The average Bonchev–Trinajstić information content (AvgIpc) is 3.04. The molecule has 0 spiro atoms. The van der Waals surface area contributed by atoms with E-state index in [0.717, 1.165) is 0 Å². The molecule has 0 bridgehead atoms. The zero-order valence-corrected chi connectivity index (χ0v) is 12.9. The van der Waals surface area contributed by atoms with E-state index < -0.39 is 5.54 Å². The van der Waals surface area contributed by atoms with Crippen molar-refractivity contribution in [2.45, 2.75) is 33.2 Å². The highest BCUT2D eigenvalue weighted by molar-refractivity contribution is 6.16. The number of carbonyl (C=O) groups is 1. The van der Waals surface area contributed by atoms with E-state index >= 15 is 0 Å². The zero-order valence-electron chi connectivity index (χ0n) is 12.9. The summed E-state index contributed by atoms with van der Waals surface area (Å²) in [5.41, 5.74) is 0.383. The van der Waals surface area contributed by atoms with Crippen molar-refractivity contribution in [3.05, 3.63) is 29.8 Å². The third-order valence-electron chi connectivity index (χ3n) is 3.95. The molecule has 3 rings (SSSR count). The second-order valence-electron chi connectivity index (χ2n) is 5.76. The maximum Gasteiger partial charge on any atom is 0.260 e. The number of hydrogen-bond donors (Lipinski definition) is 1. The number of nitrogens with one attached hydrogen (secondary N) is 1. The Labute approximate surface area is 127 Å². The first-order valence-corrected chi connectivity index (χ1v) is 7.09. The van der Waals surface area contributed by atoms with Gasteiger partial charge < -0.3 is 9.84 Å². The van der Waals surface area contributed by atoms with Gasteiger partial charge in [-0.25, -0.2) is 4.99 Å². The second-order valence-corrected chi connectivity index (χ2v) is 5.76. The van der Waals surface area contributed by atoms with Crippen molar-refractivity contribution >= 4 is 11.7 Å². The van der Waals surface area contributed by atoms with Crippen LogP contribution in [0.2, 0.25) is 0 Å². The number of pyridine rings is 1. The molecule has 0 radical (unpaired) electrons. The fourth-order valence-corrected chi connectivity index (χ4v) is 2.22. The molecule has 7 heteroatoms. The molecule has 1 atom stereocenters. The maximum absolute atomic E-state index is 12.3. The van der Waals surface area contributed by atoms with E-state index in [9.17, 15) is 4.79 Å². The Morgan fingerprint density at radius 3 is 2.73 bits per heavy atom. The zero-order chi connectivity index (χ0) is 15.9. The first kappa shape index (κ1) is 14.4. The van der Waals surface area contributed by atoms with Crippen LogP contribution in [-0.4, -0.2) is 32.4 Å².